The maximum atomic E-state index is 4.83. The van der Waals surface area contributed by atoms with Crippen molar-refractivity contribution in [3.8, 4) is 16.9 Å². The molecule has 0 bridgehead atoms. The van der Waals surface area contributed by atoms with Crippen molar-refractivity contribution in [3.63, 3.8) is 0 Å². The molecule has 0 unspecified atom stereocenters. The Labute approximate surface area is 212 Å². The van der Waals surface area contributed by atoms with E-state index in [4.69, 9.17) is 9.97 Å². The van der Waals surface area contributed by atoms with E-state index < -0.39 is 0 Å². The first-order valence-corrected chi connectivity index (χ1v) is 12.4. The number of hydrogen-bond donors (Lipinski definition) is 0. The second kappa shape index (κ2) is 8.46. The number of para-hydroxylation sites is 1. The molecular weight excluding hydrogens is 438 g/mol. The van der Waals surface area contributed by atoms with E-state index in [0.717, 1.165) is 22.7 Å². The number of pyridine rings is 2. The van der Waals surface area contributed by atoms with E-state index >= 15 is 0 Å². The lowest BCUT2D eigenvalue weighted by Crippen LogP contribution is -2.20. The molecule has 3 aromatic heterocycles. The van der Waals surface area contributed by atoms with Gasteiger partial charge < -0.3 is 0 Å². The van der Waals surface area contributed by atoms with Crippen LogP contribution in [0, 0.1) is 13.8 Å². The molecule has 3 heterocycles. The maximum absolute atomic E-state index is 4.83. The minimum absolute atomic E-state index is 0.202. The fourth-order valence-electron chi connectivity index (χ4n) is 5.17. The van der Waals surface area contributed by atoms with Gasteiger partial charge in [-0.2, -0.15) is 0 Å². The quantitative estimate of drug-likeness (QED) is 0.262. The van der Waals surface area contributed by atoms with E-state index in [1.54, 1.807) is 0 Å². The van der Waals surface area contributed by atoms with Crippen molar-refractivity contribution in [1.29, 1.82) is 0 Å². The SMILES string of the molecule is Cc1ccnc(-n2c3ccccc3c3ccc(-c4cccc(C(C)(C)c5cccc(C)n5)c4)cc32)c1. The largest absolute Gasteiger partial charge is 0.294 e. The summed E-state index contributed by atoms with van der Waals surface area (Å²) in [6, 6.07) is 34.7. The summed E-state index contributed by atoms with van der Waals surface area (Å²) in [4.78, 5) is 9.56. The summed E-state index contributed by atoms with van der Waals surface area (Å²) in [5, 5.41) is 2.47. The summed E-state index contributed by atoms with van der Waals surface area (Å²) in [5.74, 6) is 0.943. The molecule has 0 radical (unpaired) electrons. The van der Waals surface area contributed by atoms with Crippen LogP contribution in [-0.2, 0) is 5.41 Å². The van der Waals surface area contributed by atoms with Crippen LogP contribution in [0.2, 0.25) is 0 Å². The summed E-state index contributed by atoms with van der Waals surface area (Å²) >= 11 is 0. The highest BCUT2D eigenvalue weighted by atomic mass is 15.1. The van der Waals surface area contributed by atoms with Gasteiger partial charge in [-0.1, -0.05) is 74.5 Å². The number of rotatable bonds is 4. The standard InChI is InChI=1S/C33H29N3/c1-22-17-18-34-32(19-22)36-29-13-6-5-12-27(29)28-16-15-25(21-30(28)36)24-10-8-11-26(20-24)33(3,4)31-14-7-9-23(2)35-31/h5-21H,1-4H3. The molecule has 6 aromatic rings. The molecule has 3 aromatic carbocycles. The number of aryl methyl sites for hydroxylation is 2. The van der Waals surface area contributed by atoms with Crippen molar-refractivity contribution in [2.45, 2.75) is 33.1 Å². The van der Waals surface area contributed by atoms with Crippen LogP contribution in [0.1, 0.15) is 36.4 Å². The molecule has 0 saturated carbocycles. The molecule has 0 aliphatic carbocycles. The Morgan fingerprint density at radius 2 is 1.44 bits per heavy atom. The van der Waals surface area contributed by atoms with Crippen molar-refractivity contribution in [2.24, 2.45) is 0 Å². The Balaban J connectivity index is 1.53. The Morgan fingerprint density at radius 3 is 2.28 bits per heavy atom. The van der Waals surface area contributed by atoms with Gasteiger partial charge in [0.15, 0.2) is 0 Å². The van der Waals surface area contributed by atoms with Crippen molar-refractivity contribution in [3.05, 3.63) is 126 Å². The maximum Gasteiger partial charge on any atom is 0.137 e. The van der Waals surface area contributed by atoms with Gasteiger partial charge in [-0.25, -0.2) is 4.98 Å². The number of fused-ring (bicyclic) bond motifs is 3. The molecule has 0 atom stereocenters. The molecule has 0 fully saturated rings. The van der Waals surface area contributed by atoms with Gasteiger partial charge in [-0.3, -0.25) is 9.55 Å². The van der Waals surface area contributed by atoms with Gasteiger partial charge in [-0.05, 0) is 72.5 Å². The van der Waals surface area contributed by atoms with Gasteiger partial charge in [0.25, 0.3) is 0 Å². The summed E-state index contributed by atoms with van der Waals surface area (Å²) in [6.45, 7) is 8.66. The highest BCUT2D eigenvalue weighted by Gasteiger charge is 2.25. The van der Waals surface area contributed by atoms with E-state index in [1.165, 1.54) is 38.5 Å². The second-order valence-corrected chi connectivity index (χ2v) is 10.1. The van der Waals surface area contributed by atoms with E-state index in [0.29, 0.717) is 0 Å². The second-order valence-electron chi connectivity index (χ2n) is 10.1. The van der Waals surface area contributed by atoms with Crippen LogP contribution in [0.3, 0.4) is 0 Å². The zero-order chi connectivity index (χ0) is 24.9. The summed E-state index contributed by atoms with van der Waals surface area (Å²) in [6.07, 6.45) is 1.89. The van der Waals surface area contributed by atoms with Gasteiger partial charge in [0.2, 0.25) is 0 Å². The van der Waals surface area contributed by atoms with Gasteiger partial charge in [0, 0.05) is 28.1 Å². The average molecular weight is 468 g/mol. The van der Waals surface area contributed by atoms with E-state index in [2.05, 4.69) is 110 Å². The molecule has 0 saturated heterocycles. The lowest BCUT2D eigenvalue weighted by Gasteiger charge is -2.26. The Morgan fingerprint density at radius 1 is 0.667 bits per heavy atom. The van der Waals surface area contributed by atoms with Crippen molar-refractivity contribution in [2.75, 3.05) is 0 Å². The Bertz CT molecular complexity index is 1740. The van der Waals surface area contributed by atoms with E-state index in [9.17, 15) is 0 Å². The molecular formula is C33H29N3. The molecule has 0 aliphatic rings. The fraction of sp³-hybridized carbons (Fsp3) is 0.152. The van der Waals surface area contributed by atoms with Crippen LogP contribution < -0.4 is 0 Å². The Hall–Kier alpha value is -4.24. The first-order valence-electron chi connectivity index (χ1n) is 12.4. The molecule has 36 heavy (non-hydrogen) atoms. The van der Waals surface area contributed by atoms with Gasteiger partial charge in [-0.15, -0.1) is 0 Å². The molecule has 0 aliphatic heterocycles. The number of benzene rings is 3. The van der Waals surface area contributed by atoms with Crippen LogP contribution in [-0.4, -0.2) is 14.5 Å². The van der Waals surface area contributed by atoms with Crippen LogP contribution in [0.25, 0.3) is 38.8 Å². The van der Waals surface area contributed by atoms with E-state index in [-0.39, 0.29) is 5.41 Å². The molecule has 176 valence electrons. The van der Waals surface area contributed by atoms with Crippen molar-refractivity contribution >= 4 is 21.8 Å². The summed E-state index contributed by atoms with van der Waals surface area (Å²) in [7, 11) is 0. The highest BCUT2D eigenvalue weighted by Crippen LogP contribution is 2.36. The fourth-order valence-corrected chi connectivity index (χ4v) is 5.17. The van der Waals surface area contributed by atoms with Crippen LogP contribution in [0.4, 0.5) is 0 Å². The van der Waals surface area contributed by atoms with Crippen molar-refractivity contribution in [1.82, 2.24) is 14.5 Å². The van der Waals surface area contributed by atoms with Crippen LogP contribution in [0.5, 0.6) is 0 Å². The lowest BCUT2D eigenvalue weighted by molar-refractivity contribution is 0.615. The van der Waals surface area contributed by atoms with Gasteiger partial charge in [0.1, 0.15) is 5.82 Å². The molecule has 3 heteroatoms. The highest BCUT2D eigenvalue weighted by molar-refractivity contribution is 6.10. The lowest BCUT2D eigenvalue weighted by atomic mass is 9.80. The third kappa shape index (κ3) is 3.68. The first-order chi connectivity index (χ1) is 17.4. The average Bonchev–Trinajstić information content (AvgIpc) is 3.22. The molecule has 0 spiro atoms. The van der Waals surface area contributed by atoms with Crippen LogP contribution in [0.15, 0.2) is 103 Å². The molecule has 3 nitrogen and oxygen atoms in total. The number of nitrogens with zero attached hydrogens (tertiary/aromatic N) is 3. The summed E-state index contributed by atoms with van der Waals surface area (Å²) in [5.41, 5.74) is 9.09. The normalized spacial score (nSPS) is 11.9. The zero-order valence-electron chi connectivity index (χ0n) is 21.2. The topological polar surface area (TPSA) is 30.7 Å². The smallest absolute Gasteiger partial charge is 0.137 e. The minimum Gasteiger partial charge on any atom is -0.294 e. The number of hydrogen-bond acceptors (Lipinski definition) is 2. The zero-order valence-corrected chi connectivity index (χ0v) is 21.2. The number of aromatic nitrogens is 3. The van der Waals surface area contributed by atoms with Gasteiger partial charge in [0.05, 0.1) is 16.7 Å². The van der Waals surface area contributed by atoms with Crippen molar-refractivity contribution < 1.29 is 0 Å². The minimum atomic E-state index is -0.202. The Kier molecular flexibility index (Phi) is 5.22. The van der Waals surface area contributed by atoms with Gasteiger partial charge >= 0.3 is 0 Å². The third-order valence-electron chi connectivity index (χ3n) is 7.25. The predicted molar refractivity (Wildman–Crippen MR) is 150 cm³/mol. The molecule has 6 rings (SSSR count). The summed E-state index contributed by atoms with van der Waals surface area (Å²) < 4.78 is 2.28. The first kappa shape index (κ1) is 22.2. The third-order valence-corrected chi connectivity index (χ3v) is 7.25. The predicted octanol–water partition coefficient (Wildman–Crippen LogP) is 8.18. The molecule has 0 N–H and O–H groups in total. The van der Waals surface area contributed by atoms with Crippen LogP contribution >= 0.6 is 0 Å². The monoisotopic (exact) mass is 467 g/mol. The van der Waals surface area contributed by atoms with E-state index in [1.807, 2.05) is 25.3 Å². The molecule has 0 amide bonds.